The van der Waals surface area contributed by atoms with Crippen LogP contribution in [0.15, 0.2) is 0 Å². The molecular formula is C25H50N2. The molecule has 0 heterocycles. The number of nitrogens with one attached hydrogen (secondary N) is 1. The Balaban J connectivity index is 1.85. The fraction of sp³-hybridized carbons (Fsp3) is 1.00. The smallest absolute Gasteiger partial charge is 0.0243 e. The summed E-state index contributed by atoms with van der Waals surface area (Å²) in [5, 5.41) is 2.68. The van der Waals surface area contributed by atoms with Crippen LogP contribution >= 0.6 is 0 Å². The van der Waals surface area contributed by atoms with E-state index in [4.69, 9.17) is 0 Å². The van der Waals surface area contributed by atoms with Crippen LogP contribution in [-0.2, 0) is 0 Å². The molecule has 1 N–H and O–H groups in total. The Kier molecular flexibility index (Phi) is 13.6. The highest BCUT2D eigenvalue weighted by Gasteiger charge is 2.20. The average Bonchev–Trinajstić information content (AvgIpc) is 2.73. The third kappa shape index (κ3) is 10.9. The molecule has 2 fully saturated rings. The van der Waals surface area contributed by atoms with Gasteiger partial charge in [-0.25, -0.2) is 5.01 Å². The molecule has 0 unspecified atom stereocenters. The lowest BCUT2D eigenvalue weighted by Gasteiger charge is -2.35. The topological polar surface area (TPSA) is 15.3 Å². The van der Waals surface area contributed by atoms with Gasteiger partial charge in [0, 0.05) is 18.6 Å². The molecule has 0 radical (unpaired) electrons. The highest BCUT2D eigenvalue weighted by atomic mass is 15.5. The normalized spacial score (nSPS) is 24.7. The lowest BCUT2D eigenvalue weighted by atomic mass is 9.98. The molecule has 0 bridgehead atoms. The summed E-state index contributed by atoms with van der Waals surface area (Å²) in [5.74, 6) is 0. The summed E-state index contributed by atoms with van der Waals surface area (Å²) in [6.07, 6.45) is 30.4. The molecule has 2 rings (SSSR count). The van der Waals surface area contributed by atoms with Gasteiger partial charge in [-0.2, -0.15) is 0 Å². The molecule has 2 aliphatic carbocycles. The molecule has 2 aliphatic rings. The number of rotatable bonds is 4. The second-order valence-electron chi connectivity index (χ2n) is 9.43. The molecule has 0 aromatic carbocycles. The fourth-order valence-corrected chi connectivity index (χ4v) is 5.26. The zero-order valence-electron chi connectivity index (χ0n) is 18.7. The van der Waals surface area contributed by atoms with Crippen molar-refractivity contribution in [3.63, 3.8) is 0 Å². The van der Waals surface area contributed by atoms with Crippen molar-refractivity contribution < 1.29 is 0 Å². The number of nitrogens with zero attached hydrogens (tertiary/aromatic N) is 1. The summed E-state index contributed by atoms with van der Waals surface area (Å²) in [5.41, 5.74) is 4.06. The molecule has 2 nitrogen and oxygen atoms in total. The first kappa shape index (κ1) is 23.2. The van der Waals surface area contributed by atoms with Crippen LogP contribution in [0.1, 0.15) is 142 Å². The van der Waals surface area contributed by atoms with Gasteiger partial charge in [-0.15, -0.1) is 0 Å². The Morgan fingerprint density at radius 2 is 0.852 bits per heavy atom. The third-order valence-electron chi connectivity index (χ3n) is 7.06. The first-order valence-corrected chi connectivity index (χ1v) is 12.9. The van der Waals surface area contributed by atoms with E-state index in [1.54, 1.807) is 0 Å². The predicted octanol–water partition coefficient (Wildman–Crippen LogP) is 7.77. The van der Waals surface area contributed by atoms with Gasteiger partial charge in [0.15, 0.2) is 0 Å². The molecule has 0 spiro atoms. The van der Waals surface area contributed by atoms with Crippen molar-refractivity contribution in [2.45, 2.75) is 154 Å². The maximum absolute atomic E-state index is 4.06. The lowest BCUT2D eigenvalue weighted by Crippen LogP contribution is -2.50. The van der Waals surface area contributed by atoms with Crippen molar-refractivity contribution in [3.05, 3.63) is 0 Å². The van der Waals surface area contributed by atoms with Gasteiger partial charge >= 0.3 is 0 Å². The van der Waals surface area contributed by atoms with Crippen LogP contribution in [0.2, 0.25) is 0 Å². The fourth-order valence-electron chi connectivity index (χ4n) is 5.26. The van der Waals surface area contributed by atoms with Crippen LogP contribution in [0.3, 0.4) is 0 Å². The van der Waals surface area contributed by atoms with Crippen molar-refractivity contribution in [2.24, 2.45) is 0 Å². The SMILES string of the molecule is CCN(NC1CCCCCCCCCCC1)C1CCCCCCCCCC1. The maximum atomic E-state index is 4.06. The highest BCUT2D eigenvalue weighted by molar-refractivity contribution is 4.74. The quantitative estimate of drug-likeness (QED) is 0.503. The van der Waals surface area contributed by atoms with Crippen LogP contribution < -0.4 is 5.43 Å². The summed E-state index contributed by atoms with van der Waals surface area (Å²) in [7, 11) is 0. The first-order valence-electron chi connectivity index (χ1n) is 12.9. The maximum Gasteiger partial charge on any atom is 0.0243 e. The summed E-state index contributed by atoms with van der Waals surface area (Å²) in [6.45, 7) is 3.54. The first-order chi connectivity index (χ1) is 13.4. The minimum Gasteiger partial charge on any atom is -0.252 e. The van der Waals surface area contributed by atoms with E-state index >= 15 is 0 Å². The van der Waals surface area contributed by atoms with Crippen molar-refractivity contribution >= 4 is 0 Å². The minimum atomic E-state index is 0.725. The van der Waals surface area contributed by atoms with Crippen LogP contribution in [-0.4, -0.2) is 23.6 Å². The van der Waals surface area contributed by atoms with Gasteiger partial charge in [0.05, 0.1) is 0 Å². The Labute approximate surface area is 171 Å². The van der Waals surface area contributed by atoms with Gasteiger partial charge in [-0.05, 0) is 25.7 Å². The van der Waals surface area contributed by atoms with Gasteiger partial charge in [-0.3, -0.25) is 5.43 Å². The molecule has 0 aromatic rings. The van der Waals surface area contributed by atoms with Crippen LogP contribution in [0, 0.1) is 0 Å². The average molecular weight is 379 g/mol. The van der Waals surface area contributed by atoms with Crippen molar-refractivity contribution in [1.29, 1.82) is 0 Å². The van der Waals surface area contributed by atoms with E-state index in [-0.39, 0.29) is 0 Å². The van der Waals surface area contributed by atoms with E-state index in [2.05, 4.69) is 17.4 Å². The van der Waals surface area contributed by atoms with E-state index in [9.17, 15) is 0 Å². The molecule has 0 amide bonds. The largest absolute Gasteiger partial charge is 0.252 e. The third-order valence-corrected chi connectivity index (χ3v) is 7.06. The Morgan fingerprint density at radius 3 is 1.22 bits per heavy atom. The summed E-state index contributed by atoms with van der Waals surface area (Å²) in [6, 6.07) is 1.50. The molecule has 27 heavy (non-hydrogen) atoms. The number of hydrogen-bond donors (Lipinski definition) is 1. The van der Waals surface area contributed by atoms with Gasteiger partial charge in [0.25, 0.3) is 0 Å². The van der Waals surface area contributed by atoms with E-state index < -0.39 is 0 Å². The van der Waals surface area contributed by atoms with E-state index in [0.29, 0.717) is 0 Å². The standard InChI is InChI=1S/C25H50N2/c1-2-27(25-22-18-14-10-6-7-11-15-19-23-25)26-24-20-16-12-8-4-3-5-9-13-17-21-24/h24-26H,2-23H2,1H3. The molecule has 0 aliphatic heterocycles. The van der Waals surface area contributed by atoms with E-state index in [0.717, 1.165) is 12.1 Å². The minimum absolute atomic E-state index is 0.725. The van der Waals surface area contributed by atoms with Gasteiger partial charge in [0.2, 0.25) is 0 Å². The Bertz CT molecular complexity index is 306. The Hall–Kier alpha value is -0.0800. The van der Waals surface area contributed by atoms with Crippen LogP contribution in [0.4, 0.5) is 0 Å². The molecule has 2 heteroatoms. The van der Waals surface area contributed by atoms with Crippen LogP contribution in [0.5, 0.6) is 0 Å². The van der Waals surface area contributed by atoms with Gasteiger partial charge < -0.3 is 0 Å². The number of hydrazine groups is 1. The van der Waals surface area contributed by atoms with Crippen molar-refractivity contribution in [1.82, 2.24) is 10.4 Å². The molecule has 160 valence electrons. The Morgan fingerprint density at radius 1 is 0.519 bits per heavy atom. The second kappa shape index (κ2) is 15.8. The zero-order valence-corrected chi connectivity index (χ0v) is 18.7. The van der Waals surface area contributed by atoms with Crippen molar-refractivity contribution in [2.75, 3.05) is 6.54 Å². The van der Waals surface area contributed by atoms with Gasteiger partial charge in [-0.1, -0.05) is 116 Å². The molecule has 2 saturated carbocycles. The molecule has 0 atom stereocenters. The molecule has 0 saturated heterocycles. The van der Waals surface area contributed by atoms with Crippen LogP contribution in [0.25, 0.3) is 0 Å². The lowest BCUT2D eigenvalue weighted by molar-refractivity contribution is 0.0844. The summed E-state index contributed by atoms with van der Waals surface area (Å²) < 4.78 is 0. The predicted molar refractivity (Wildman–Crippen MR) is 120 cm³/mol. The van der Waals surface area contributed by atoms with Crippen molar-refractivity contribution in [3.8, 4) is 0 Å². The number of hydrogen-bond acceptors (Lipinski definition) is 2. The van der Waals surface area contributed by atoms with E-state index in [1.165, 1.54) is 141 Å². The zero-order chi connectivity index (χ0) is 19.0. The summed E-state index contributed by atoms with van der Waals surface area (Å²) >= 11 is 0. The highest BCUT2D eigenvalue weighted by Crippen LogP contribution is 2.22. The summed E-state index contributed by atoms with van der Waals surface area (Å²) in [4.78, 5) is 0. The molecular weight excluding hydrogens is 328 g/mol. The molecule has 0 aromatic heterocycles. The monoisotopic (exact) mass is 378 g/mol. The van der Waals surface area contributed by atoms with Gasteiger partial charge in [0.1, 0.15) is 0 Å². The van der Waals surface area contributed by atoms with E-state index in [1.807, 2.05) is 0 Å². The second-order valence-corrected chi connectivity index (χ2v) is 9.43.